The molecule has 1 atom stereocenters. The summed E-state index contributed by atoms with van der Waals surface area (Å²) in [6, 6.07) is 6.20. The van der Waals surface area contributed by atoms with Crippen LogP contribution in [0.4, 0.5) is 0 Å². The molecule has 1 aromatic carbocycles. The Kier molecular flexibility index (Phi) is 3.64. The number of aryl methyl sites for hydroxylation is 2. The van der Waals surface area contributed by atoms with Crippen molar-refractivity contribution in [2.45, 2.75) is 44.4 Å². The van der Waals surface area contributed by atoms with Crippen molar-refractivity contribution in [2.75, 3.05) is 0 Å². The van der Waals surface area contributed by atoms with Gasteiger partial charge in [-0.1, -0.05) is 32.3 Å². The van der Waals surface area contributed by atoms with Gasteiger partial charge in [0.15, 0.2) is 0 Å². The molecule has 0 amide bonds. The van der Waals surface area contributed by atoms with E-state index in [9.17, 15) is 4.79 Å². The highest BCUT2D eigenvalue weighted by molar-refractivity contribution is 6.21. The normalized spacial score (nSPS) is 19.8. The SMILES string of the molecule is Cn1c(=O)n(C)c2cc(C(Cl)C3(C)CCCCC3)ccc21. The molecule has 0 bridgehead atoms. The van der Waals surface area contributed by atoms with E-state index < -0.39 is 0 Å². The van der Waals surface area contributed by atoms with Gasteiger partial charge in [-0.15, -0.1) is 11.6 Å². The first-order chi connectivity index (χ1) is 9.94. The van der Waals surface area contributed by atoms with Gasteiger partial charge in [0.25, 0.3) is 0 Å². The molecule has 0 spiro atoms. The highest BCUT2D eigenvalue weighted by Crippen LogP contribution is 2.49. The van der Waals surface area contributed by atoms with Crippen molar-refractivity contribution in [2.24, 2.45) is 19.5 Å². The Labute approximate surface area is 130 Å². The van der Waals surface area contributed by atoms with Crippen LogP contribution < -0.4 is 5.69 Å². The molecule has 1 aromatic heterocycles. The van der Waals surface area contributed by atoms with Crippen molar-refractivity contribution in [1.29, 1.82) is 0 Å². The zero-order chi connectivity index (χ0) is 15.2. The number of hydrogen-bond acceptors (Lipinski definition) is 1. The van der Waals surface area contributed by atoms with Gasteiger partial charge >= 0.3 is 5.69 Å². The van der Waals surface area contributed by atoms with Crippen LogP contribution in [-0.4, -0.2) is 9.13 Å². The Morgan fingerprint density at radius 2 is 1.71 bits per heavy atom. The molecule has 3 nitrogen and oxygen atoms in total. The van der Waals surface area contributed by atoms with Crippen LogP contribution >= 0.6 is 11.6 Å². The van der Waals surface area contributed by atoms with Crippen LogP contribution in [-0.2, 0) is 14.1 Å². The monoisotopic (exact) mass is 306 g/mol. The van der Waals surface area contributed by atoms with Crippen molar-refractivity contribution in [3.8, 4) is 0 Å². The van der Waals surface area contributed by atoms with E-state index in [4.69, 9.17) is 11.6 Å². The van der Waals surface area contributed by atoms with Gasteiger partial charge in [0, 0.05) is 14.1 Å². The van der Waals surface area contributed by atoms with E-state index in [0.29, 0.717) is 0 Å². The van der Waals surface area contributed by atoms with Gasteiger partial charge in [-0.25, -0.2) is 4.79 Å². The average Bonchev–Trinajstić information content (AvgIpc) is 2.72. The quantitative estimate of drug-likeness (QED) is 0.766. The summed E-state index contributed by atoms with van der Waals surface area (Å²) in [6.45, 7) is 2.30. The minimum absolute atomic E-state index is 0.0113. The number of hydrogen-bond donors (Lipinski definition) is 0. The molecule has 1 fully saturated rings. The Bertz CT molecular complexity index is 722. The molecule has 3 rings (SSSR count). The second-order valence-electron chi connectivity index (χ2n) is 6.73. The fraction of sp³-hybridized carbons (Fsp3) is 0.588. The summed E-state index contributed by atoms with van der Waals surface area (Å²) in [7, 11) is 3.63. The molecule has 1 saturated carbocycles. The Morgan fingerprint density at radius 1 is 1.10 bits per heavy atom. The topological polar surface area (TPSA) is 26.9 Å². The third-order valence-electron chi connectivity index (χ3n) is 5.20. The first-order valence-corrected chi connectivity index (χ1v) is 8.17. The summed E-state index contributed by atoms with van der Waals surface area (Å²) in [5.74, 6) is 0. The predicted octanol–water partition coefficient (Wildman–Crippen LogP) is 4.13. The molecule has 1 heterocycles. The smallest absolute Gasteiger partial charge is 0.295 e. The van der Waals surface area contributed by atoms with E-state index in [2.05, 4.69) is 19.1 Å². The van der Waals surface area contributed by atoms with E-state index in [1.165, 1.54) is 32.1 Å². The molecular weight excluding hydrogens is 284 g/mol. The van der Waals surface area contributed by atoms with Gasteiger partial charge in [-0.05, 0) is 36.0 Å². The van der Waals surface area contributed by atoms with Gasteiger partial charge in [0.05, 0.1) is 16.4 Å². The van der Waals surface area contributed by atoms with Crippen molar-refractivity contribution < 1.29 is 0 Å². The molecule has 21 heavy (non-hydrogen) atoms. The summed E-state index contributed by atoms with van der Waals surface area (Å²) < 4.78 is 3.39. The first-order valence-electron chi connectivity index (χ1n) is 7.73. The number of rotatable bonds is 2. The minimum Gasteiger partial charge on any atom is -0.295 e. The molecule has 114 valence electrons. The van der Waals surface area contributed by atoms with Crippen LogP contribution in [0.3, 0.4) is 0 Å². The summed E-state index contributed by atoms with van der Waals surface area (Å²) in [6.07, 6.45) is 6.24. The molecule has 1 aliphatic carbocycles. The Hall–Kier alpha value is -1.22. The maximum atomic E-state index is 12.0. The van der Waals surface area contributed by atoms with Crippen LogP contribution in [0.25, 0.3) is 11.0 Å². The van der Waals surface area contributed by atoms with Crippen LogP contribution in [0.5, 0.6) is 0 Å². The molecule has 1 aliphatic rings. The standard InChI is InChI=1S/C17H23ClN2O/c1-17(9-5-4-6-10-17)15(18)12-7-8-13-14(11-12)20(3)16(21)19(13)2/h7-8,11,15H,4-6,9-10H2,1-3H3. The van der Waals surface area contributed by atoms with Gasteiger partial charge in [-0.3, -0.25) is 9.13 Å². The third-order valence-corrected chi connectivity index (χ3v) is 5.98. The highest BCUT2D eigenvalue weighted by atomic mass is 35.5. The highest BCUT2D eigenvalue weighted by Gasteiger charge is 2.35. The lowest BCUT2D eigenvalue weighted by Gasteiger charge is -2.38. The summed E-state index contributed by atoms with van der Waals surface area (Å²) in [5, 5.41) is 0.0116. The van der Waals surface area contributed by atoms with Gasteiger partial charge in [0.1, 0.15) is 0 Å². The average molecular weight is 307 g/mol. The number of halogens is 1. The minimum atomic E-state index is 0.0113. The molecule has 0 saturated heterocycles. The molecule has 0 N–H and O–H groups in total. The van der Waals surface area contributed by atoms with Crippen LogP contribution in [0.2, 0.25) is 0 Å². The largest absolute Gasteiger partial charge is 0.328 e. The fourth-order valence-corrected chi connectivity index (χ4v) is 4.05. The Balaban J connectivity index is 2.04. The predicted molar refractivity (Wildman–Crippen MR) is 87.9 cm³/mol. The van der Waals surface area contributed by atoms with E-state index in [-0.39, 0.29) is 16.5 Å². The van der Waals surface area contributed by atoms with Crippen LogP contribution in [0.1, 0.15) is 50.0 Å². The lowest BCUT2D eigenvalue weighted by Crippen LogP contribution is -2.25. The second-order valence-corrected chi connectivity index (χ2v) is 7.16. The Morgan fingerprint density at radius 3 is 2.38 bits per heavy atom. The molecule has 0 aliphatic heterocycles. The molecular formula is C17H23ClN2O. The van der Waals surface area contributed by atoms with Gasteiger partial charge < -0.3 is 0 Å². The zero-order valence-electron chi connectivity index (χ0n) is 13.0. The zero-order valence-corrected chi connectivity index (χ0v) is 13.8. The van der Waals surface area contributed by atoms with E-state index in [1.807, 2.05) is 20.2 Å². The maximum Gasteiger partial charge on any atom is 0.328 e. The van der Waals surface area contributed by atoms with Crippen LogP contribution in [0.15, 0.2) is 23.0 Å². The van der Waals surface area contributed by atoms with E-state index in [1.54, 1.807) is 9.13 Å². The van der Waals surface area contributed by atoms with Crippen molar-refractivity contribution in [1.82, 2.24) is 9.13 Å². The number of fused-ring (bicyclic) bond motifs is 1. The first kappa shape index (κ1) is 14.7. The van der Waals surface area contributed by atoms with E-state index in [0.717, 1.165) is 16.6 Å². The molecule has 1 unspecified atom stereocenters. The number of imidazole rings is 1. The summed E-state index contributed by atoms with van der Waals surface area (Å²) >= 11 is 6.83. The van der Waals surface area contributed by atoms with E-state index >= 15 is 0 Å². The van der Waals surface area contributed by atoms with Crippen molar-refractivity contribution >= 4 is 22.6 Å². The fourth-order valence-electron chi connectivity index (χ4n) is 3.70. The third kappa shape index (κ3) is 2.32. The van der Waals surface area contributed by atoms with Gasteiger partial charge in [-0.2, -0.15) is 0 Å². The van der Waals surface area contributed by atoms with Gasteiger partial charge in [0.2, 0.25) is 0 Å². The van der Waals surface area contributed by atoms with Crippen molar-refractivity contribution in [3.05, 3.63) is 34.2 Å². The summed E-state index contributed by atoms with van der Waals surface area (Å²) in [5.41, 5.74) is 3.24. The lowest BCUT2D eigenvalue weighted by molar-refractivity contribution is 0.206. The number of benzene rings is 1. The summed E-state index contributed by atoms with van der Waals surface area (Å²) in [4.78, 5) is 12.0. The molecule has 0 radical (unpaired) electrons. The lowest BCUT2D eigenvalue weighted by atomic mass is 9.71. The van der Waals surface area contributed by atoms with Crippen molar-refractivity contribution in [3.63, 3.8) is 0 Å². The number of nitrogens with zero attached hydrogens (tertiary/aromatic N) is 2. The maximum absolute atomic E-state index is 12.0. The second kappa shape index (κ2) is 5.20. The molecule has 4 heteroatoms. The molecule has 2 aromatic rings. The number of aromatic nitrogens is 2. The van der Waals surface area contributed by atoms with Crippen LogP contribution in [0, 0.1) is 5.41 Å². The number of alkyl halides is 1.